The van der Waals surface area contributed by atoms with Crippen LogP contribution in [0.1, 0.15) is 64.0 Å². The van der Waals surface area contributed by atoms with Crippen LogP contribution >= 0.6 is 0 Å². The lowest BCUT2D eigenvalue weighted by Gasteiger charge is -2.48. The van der Waals surface area contributed by atoms with E-state index in [-0.39, 0.29) is 0 Å². The van der Waals surface area contributed by atoms with E-state index >= 15 is 0 Å². The first-order chi connectivity index (χ1) is 12.7. The van der Waals surface area contributed by atoms with Gasteiger partial charge < -0.3 is 10.2 Å². The number of rotatable bonds is 7. The van der Waals surface area contributed by atoms with Crippen molar-refractivity contribution in [2.45, 2.75) is 58.9 Å². The van der Waals surface area contributed by atoms with E-state index in [4.69, 9.17) is 0 Å². The Hall–Kier alpha value is -1.32. The zero-order valence-corrected chi connectivity index (χ0v) is 17.4. The highest BCUT2D eigenvalue weighted by Gasteiger charge is 2.33. The van der Waals surface area contributed by atoms with Crippen LogP contribution in [0, 0.1) is 0 Å². The minimum absolute atomic E-state index is 0.707. The van der Waals surface area contributed by atoms with Crippen LogP contribution in [0.3, 0.4) is 0 Å². The van der Waals surface area contributed by atoms with E-state index in [0.29, 0.717) is 5.92 Å². The zero-order valence-electron chi connectivity index (χ0n) is 17.4. The molecule has 0 radical (unpaired) electrons. The first kappa shape index (κ1) is 21.0. The molecule has 2 aliphatic heterocycles. The molecule has 26 heavy (non-hydrogen) atoms. The molecule has 1 N–H and O–H groups in total. The average molecular weight is 358 g/mol. The van der Waals surface area contributed by atoms with Crippen molar-refractivity contribution < 1.29 is 0 Å². The fourth-order valence-corrected chi connectivity index (χ4v) is 4.04. The van der Waals surface area contributed by atoms with Gasteiger partial charge in [-0.05, 0) is 29.9 Å². The van der Waals surface area contributed by atoms with Crippen LogP contribution in [0.25, 0.3) is 5.70 Å². The summed E-state index contributed by atoms with van der Waals surface area (Å²) < 4.78 is 0. The number of nitrogens with one attached hydrogen (secondary N) is 1. The number of hydrogen-bond donors (Lipinski definition) is 1. The number of piperazine rings is 1. The molecule has 0 aliphatic carbocycles. The topological polar surface area (TPSA) is 18.5 Å². The summed E-state index contributed by atoms with van der Waals surface area (Å²) >= 11 is 0. The normalized spacial score (nSPS) is 19.3. The van der Waals surface area contributed by atoms with Crippen LogP contribution in [0.5, 0.6) is 0 Å². The standard InChI is InChI=1S/C21H33N3.C2H6/c1-4-6-18(5-2)20-9-7-19(8-10-20)17(3)24-15-21(16-24)23-13-11-22-12-14-23;1-2/h7-10,18,21-22H,3-6,11-16H2,1-2H3;1-2H3. The highest BCUT2D eigenvalue weighted by atomic mass is 15.3. The molecule has 2 saturated heterocycles. The van der Waals surface area contributed by atoms with E-state index in [2.05, 4.69) is 59.8 Å². The Morgan fingerprint density at radius 2 is 1.73 bits per heavy atom. The fourth-order valence-electron chi connectivity index (χ4n) is 4.04. The van der Waals surface area contributed by atoms with Gasteiger partial charge in [-0.1, -0.05) is 65.0 Å². The molecule has 1 aromatic carbocycles. The SMILES string of the molecule is C=C(c1ccc(C(CC)CCC)cc1)N1CC(N2CCNCC2)C1.CC. The van der Waals surface area contributed by atoms with Gasteiger partial charge in [0, 0.05) is 51.0 Å². The van der Waals surface area contributed by atoms with Gasteiger partial charge in [-0.2, -0.15) is 0 Å². The van der Waals surface area contributed by atoms with Crippen LogP contribution in [0.15, 0.2) is 30.8 Å². The summed E-state index contributed by atoms with van der Waals surface area (Å²) in [5.74, 6) is 0.707. The maximum atomic E-state index is 4.35. The molecule has 1 atom stereocenters. The van der Waals surface area contributed by atoms with Gasteiger partial charge in [0.25, 0.3) is 0 Å². The zero-order chi connectivity index (χ0) is 18.9. The molecule has 0 bridgehead atoms. The van der Waals surface area contributed by atoms with Gasteiger partial charge in [-0.3, -0.25) is 4.90 Å². The van der Waals surface area contributed by atoms with Gasteiger partial charge in [0.15, 0.2) is 0 Å². The molecule has 0 spiro atoms. The van der Waals surface area contributed by atoms with Gasteiger partial charge >= 0.3 is 0 Å². The predicted molar refractivity (Wildman–Crippen MR) is 115 cm³/mol. The molecular formula is C23H39N3. The number of nitrogens with zero attached hydrogens (tertiary/aromatic N) is 2. The second-order valence-electron chi connectivity index (χ2n) is 7.31. The van der Waals surface area contributed by atoms with Crippen molar-refractivity contribution in [1.29, 1.82) is 0 Å². The van der Waals surface area contributed by atoms with Crippen molar-refractivity contribution in [2.75, 3.05) is 39.3 Å². The molecule has 2 heterocycles. The molecule has 1 aromatic rings. The minimum Gasteiger partial charge on any atom is -0.368 e. The van der Waals surface area contributed by atoms with Gasteiger partial charge in [0.05, 0.1) is 0 Å². The Morgan fingerprint density at radius 3 is 2.27 bits per heavy atom. The van der Waals surface area contributed by atoms with Gasteiger partial charge in [0.1, 0.15) is 0 Å². The third-order valence-electron chi connectivity index (χ3n) is 5.76. The van der Waals surface area contributed by atoms with E-state index in [1.807, 2.05) is 13.8 Å². The number of hydrogen-bond acceptors (Lipinski definition) is 3. The van der Waals surface area contributed by atoms with Crippen LogP contribution in [-0.2, 0) is 0 Å². The van der Waals surface area contributed by atoms with Crippen LogP contribution < -0.4 is 5.32 Å². The minimum atomic E-state index is 0.707. The van der Waals surface area contributed by atoms with E-state index in [1.165, 1.54) is 49.2 Å². The molecule has 3 heteroatoms. The smallest absolute Gasteiger partial charge is 0.0447 e. The largest absolute Gasteiger partial charge is 0.368 e. The summed E-state index contributed by atoms with van der Waals surface area (Å²) in [6.45, 7) is 19.8. The predicted octanol–water partition coefficient (Wildman–Crippen LogP) is 4.57. The summed E-state index contributed by atoms with van der Waals surface area (Å²) in [4.78, 5) is 5.06. The van der Waals surface area contributed by atoms with Gasteiger partial charge in [-0.25, -0.2) is 0 Å². The van der Waals surface area contributed by atoms with E-state index in [0.717, 1.165) is 32.2 Å². The van der Waals surface area contributed by atoms with E-state index in [9.17, 15) is 0 Å². The number of benzene rings is 1. The van der Waals surface area contributed by atoms with Crippen molar-refractivity contribution in [1.82, 2.24) is 15.1 Å². The second-order valence-corrected chi connectivity index (χ2v) is 7.31. The highest BCUT2D eigenvalue weighted by molar-refractivity contribution is 5.63. The monoisotopic (exact) mass is 357 g/mol. The first-order valence-electron chi connectivity index (χ1n) is 10.7. The number of likely N-dealkylation sites (tertiary alicyclic amines) is 1. The van der Waals surface area contributed by atoms with Crippen molar-refractivity contribution in [3.8, 4) is 0 Å². The maximum Gasteiger partial charge on any atom is 0.0447 e. The lowest BCUT2D eigenvalue weighted by atomic mass is 9.91. The van der Waals surface area contributed by atoms with E-state index < -0.39 is 0 Å². The Bertz CT molecular complexity index is 525. The summed E-state index contributed by atoms with van der Waals surface area (Å²) in [6.07, 6.45) is 3.77. The Morgan fingerprint density at radius 1 is 1.12 bits per heavy atom. The van der Waals surface area contributed by atoms with Gasteiger partial charge in [-0.15, -0.1) is 0 Å². The Balaban J connectivity index is 0.00000117. The average Bonchev–Trinajstić information content (AvgIpc) is 2.67. The summed E-state index contributed by atoms with van der Waals surface area (Å²) in [5, 5.41) is 3.43. The lowest BCUT2D eigenvalue weighted by molar-refractivity contribution is 0.0643. The third-order valence-corrected chi connectivity index (χ3v) is 5.76. The van der Waals surface area contributed by atoms with E-state index in [1.54, 1.807) is 0 Å². The molecule has 0 amide bonds. The van der Waals surface area contributed by atoms with Crippen LogP contribution in [0.4, 0.5) is 0 Å². The Kier molecular flexibility index (Phi) is 8.67. The Labute approximate surface area is 161 Å². The molecule has 1 unspecified atom stereocenters. The lowest BCUT2D eigenvalue weighted by Crippen LogP contribution is -2.61. The van der Waals surface area contributed by atoms with Crippen molar-refractivity contribution in [2.24, 2.45) is 0 Å². The molecule has 146 valence electrons. The quantitative estimate of drug-likeness (QED) is 0.771. The molecule has 0 saturated carbocycles. The highest BCUT2D eigenvalue weighted by Crippen LogP contribution is 2.29. The molecule has 2 aliphatic rings. The van der Waals surface area contributed by atoms with Gasteiger partial charge in [0.2, 0.25) is 0 Å². The summed E-state index contributed by atoms with van der Waals surface area (Å²) in [6, 6.07) is 9.90. The molecule has 2 fully saturated rings. The summed E-state index contributed by atoms with van der Waals surface area (Å²) in [5.41, 5.74) is 3.96. The summed E-state index contributed by atoms with van der Waals surface area (Å²) in [7, 11) is 0. The molecule has 3 nitrogen and oxygen atoms in total. The van der Waals surface area contributed by atoms with Crippen molar-refractivity contribution in [3.05, 3.63) is 42.0 Å². The first-order valence-corrected chi connectivity index (χ1v) is 10.7. The molecule has 0 aromatic heterocycles. The fraction of sp³-hybridized carbons (Fsp3) is 0.652. The van der Waals surface area contributed by atoms with Crippen LogP contribution in [-0.4, -0.2) is 55.1 Å². The third kappa shape index (κ3) is 5.11. The second kappa shape index (κ2) is 10.7. The van der Waals surface area contributed by atoms with Crippen molar-refractivity contribution >= 4 is 5.70 Å². The maximum absolute atomic E-state index is 4.35. The molecule has 3 rings (SSSR count). The van der Waals surface area contributed by atoms with Crippen molar-refractivity contribution in [3.63, 3.8) is 0 Å². The van der Waals surface area contributed by atoms with Crippen LogP contribution in [0.2, 0.25) is 0 Å². The molecular weight excluding hydrogens is 318 g/mol.